The van der Waals surface area contributed by atoms with Gasteiger partial charge in [0.05, 0.1) is 16.9 Å². The van der Waals surface area contributed by atoms with Gasteiger partial charge in [-0.15, -0.1) is 22.9 Å². The van der Waals surface area contributed by atoms with Gasteiger partial charge in [0.25, 0.3) is 0 Å². The van der Waals surface area contributed by atoms with Crippen LogP contribution in [0, 0.1) is 5.82 Å². The third-order valence-electron chi connectivity index (χ3n) is 3.50. The van der Waals surface area contributed by atoms with E-state index >= 15 is 0 Å². The van der Waals surface area contributed by atoms with Gasteiger partial charge in [-0.2, -0.15) is 0 Å². The van der Waals surface area contributed by atoms with Crippen molar-refractivity contribution in [3.05, 3.63) is 59.5 Å². The molecule has 2 aromatic carbocycles. The smallest absolute Gasteiger partial charge is 0.129 e. The fourth-order valence-electron chi connectivity index (χ4n) is 2.57. The van der Waals surface area contributed by atoms with Gasteiger partial charge in [-0.1, -0.05) is 0 Å². The maximum absolute atomic E-state index is 13.4. The van der Waals surface area contributed by atoms with E-state index in [1.807, 2.05) is 10.6 Å². The molecule has 0 aliphatic carbocycles. The van der Waals surface area contributed by atoms with Gasteiger partial charge in [-0.3, -0.25) is 4.57 Å². The van der Waals surface area contributed by atoms with Crippen LogP contribution >= 0.6 is 22.9 Å². The number of hydrogen-bond acceptors (Lipinski definition) is 2. The Morgan fingerprint density at radius 1 is 1.14 bits per heavy atom. The van der Waals surface area contributed by atoms with E-state index in [1.165, 1.54) is 22.2 Å². The molecule has 0 atom stereocenters. The van der Waals surface area contributed by atoms with Crippen molar-refractivity contribution in [3.63, 3.8) is 0 Å². The highest BCUT2D eigenvalue weighted by molar-refractivity contribution is 7.17. The molecule has 21 heavy (non-hydrogen) atoms. The number of hydrogen-bond donors (Lipinski definition) is 0. The van der Waals surface area contributed by atoms with Gasteiger partial charge < -0.3 is 0 Å². The van der Waals surface area contributed by atoms with Crippen LogP contribution in [0.25, 0.3) is 26.8 Å². The van der Waals surface area contributed by atoms with Crippen LogP contribution in [0.2, 0.25) is 0 Å². The third kappa shape index (κ3) is 2.03. The molecule has 0 unspecified atom stereocenters. The average Bonchev–Trinajstić information content (AvgIpc) is 3.09. The number of fused-ring (bicyclic) bond motifs is 2. The lowest BCUT2D eigenvalue weighted by Crippen LogP contribution is -1.98. The standard InChI is InChI=1S/C16H10ClFN2S/c17-9-16-19-13-8-11(18)1-3-14(13)20(16)12-2-4-15-10(7-12)5-6-21-15/h1-8H,9H2. The van der Waals surface area contributed by atoms with Crippen LogP contribution in [0.15, 0.2) is 47.8 Å². The minimum Gasteiger partial charge on any atom is -0.295 e. The summed E-state index contributed by atoms with van der Waals surface area (Å²) in [7, 11) is 0. The zero-order chi connectivity index (χ0) is 14.4. The minimum absolute atomic E-state index is 0.276. The lowest BCUT2D eigenvalue weighted by Gasteiger charge is -2.08. The third-order valence-corrected chi connectivity index (χ3v) is 4.64. The van der Waals surface area contributed by atoms with Crippen LogP contribution in [0.3, 0.4) is 0 Å². The van der Waals surface area contributed by atoms with Crippen molar-refractivity contribution in [2.45, 2.75) is 5.88 Å². The Kier molecular flexibility index (Phi) is 2.94. The molecular weight excluding hydrogens is 307 g/mol. The molecule has 4 rings (SSSR count). The molecule has 0 spiro atoms. The van der Waals surface area contributed by atoms with Gasteiger partial charge in [0.15, 0.2) is 0 Å². The zero-order valence-electron chi connectivity index (χ0n) is 10.9. The van der Waals surface area contributed by atoms with Crippen LogP contribution in [0.1, 0.15) is 5.82 Å². The number of nitrogens with zero attached hydrogens (tertiary/aromatic N) is 2. The van der Waals surface area contributed by atoms with E-state index in [1.54, 1.807) is 17.4 Å². The molecule has 0 fully saturated rings. The summed E-state index contributed by atoms with van der Waals surface area (Å²) < 4.78 is 16.6. The maximum atomic E-state index is 13.4. The zero-order valence-corrected chi connectivity index (χ0v) is 12.5. The van der Waals surface area contributed by atoms with E-state index in [2.05, 4.69) is 28.6 Å². The monoisotopic (exact) mass is 316 g/mol. The molecule has 0 bridgehead atoms. The van der Waals surface area contributed by atoms with Gasteiger partial charge >= 0.3 is 0 Å². The van der Waals surface area contributed by atoms with E-state index < -0.39 is 0 Å². The fourth-order valence-corrected chi connectivity index (χ4v) is 3.52. The van der Waals surface area contributed by atoms with Gasteiger partial charge in [-0.25, -0.2) is 9.37 Å². The predicted octanol–water partition coefficient (Wildman–Crippen LogP) is 5.12. The van der Waals surface area contributed by atoms with Crippen molar-refractivity contribution in [2.24, 2.45) is 0 Å². The molecule has 0 aliphatic rings. The Balaban J connectivity index is 2.03. The van der Waals surface area contributed by atoms with Gasteiger partial charge in [0.1, 0.15) is 11.6 Å². The van der Waals surface area contributed by atoms with Crippen molar-refractivity contribution >= 4 is 44.1 Å². The van der Waals surface area contributed by atoms with E-state index in [-0.39, 0.29) is 11.7 Å². The predicted molar refractivity (Wildman–Crippen MR) is 86.0 cm³/mol. The maximum Gasteiger partial charge on any atom is 0.129 e. The van der Waals surface area contributed by atoms with Crippen molar-refractivity contribution in [2.75, 3.05) is 0 Å². The van der Waals surface area contributed by atoms with Crippen molar-refractivity contribution < 1.29 is 4.39 Å². The van der Waals surface area contributed by atoms with Crippen molar-refractivity contribution in [3.8, 4) is 5.69 Å². The molecule has 2 heterocycles. The summed E-state index contributed by atoms with van der Waals surface area (Å²) in [6.45, 7) is 0. The van der Waals surface area contributed by atoms with E-state index in [0.29, 0.717) is 11.3 Å². The Bertz CT molecular complexity index is 957. The molecule has 0 N–H and O–H groups in total. The molecule has 5 heteroatoms. The molecular formula is C16H10ClFN2S. The number of aromatic nitrogens is 2. The van der Waals surface area contributed by atoms with E-state index in [9.17, 15) is 4.39 Å². The highest BCUT2D eigenvalue weighted by Gasteiger charge is 2.12. The van der Waals surface area contributed by atoms with Crippen LogP contribution < -0.4 is 0 Å². The second kappa shape index (κ2) is 4.83. The number of imidazole rings is 1. The number of thiophene rings is 1. The first-order valence-electron chi connectivity index (χ1n) is 6.47. The highest BCUT2D eigenvalue weighted by atomic mass is 35.5. The Morgan fingerprint density at radius 2 is 2.05 bits per heavy atom. The quantitative estimate of drug-likeness (QED) is 0.469. The molecule has 0 saturated heterocycles. The summed E-state index contributed by atoms with van der Waals surface area (Å²) in [5, 5.41) is 3.25. The van der Waals surface area contributed by atoms with Crippen LogP contribution in [0.5, 0.6) is 0 Å². The minimum atomic E-state index is -0.290. The lowest BCUT2D eigenvalue weighted by atomic mass is 10.2. The van der Waals surface area contributed by atoms with Crippen LogP contribution in [-0.4, -0.2) is 9.55 Å². The lowest BCUT2D eigenvalue weighted by molar-refractivity contribution is 0.629. The second-order valence-electron chi connectivity index (χ2n) is 4.77. The average molecular weight is 317 g/mol. The highest BCUT2D eigenvalue weighted by Crippen LogP contribution is 2.28. The summed E-state index contributed by atoms with van der Waals surface area (Å²) in [6, 6.07) is 12.9. The van der Waals surface area contributed by atoms with Crippen LogP contribution in [0.4, 0.5) is 4.39 Å². The number of benzene rings is 2. The Labute approximate surface area is 129 Å². The number of halogens is 2. The van der Waals surface area contributed by atoms with Gasteiger partial charge in [0, 0.05) is 16.5 Å². The molecule has 2 nitrogen and oxygen atoms in total. The van der Waals surface area contributed by atoms with Gasteiger partial charge in [-0.05, 0) is 47.2 Å². The first kappa shape index (κ1) is 12.8. The molecule has 0 saturated carbocycles. The van der Waals surface area contributed by atoms with Gasteiger partial charge in [0.2, 0.25) is 0 Å². The molecule has 0 radical (unpaired) electrons. The summed E-state index contributed by atoms with van der Waals surface area (Å²) in [5.41, 5.74) is 2.48. The largest absolute Gasteiger partial charge is 0.295 e. The summed E-state index contributed by atoms with van der Waals surface area (Å²) in [5.74, 6) is 0.700. The molecule has 0 aliphatic heterocycles. The van der Waals surface area contributed by atoms with Crippen molar-refractivity contribution in [1.29, 1.82) is 0 Å². The number of alkyl halides is 1. The first-order chi connectivity index (χ1) is 10.3. The van der Waals surface area contributed by atoms with Crippen molar-refractivity contribution in [1.82, 2.24) is 9.55 Å². The summed E-state index contributed by atoms with van der Waals surface area (Å²) in [4.78, 5) is 4.43. The summed E-state index contributed by atoms with van der Waals surface area (Å²) >= 11 is 7.72. The molecule has 4 aromatic rings. The Hall–Kier alpha value is -1.91. The van der Waals surface area contributed by atoms with Crippen LogP contribution in [-0.2, 0) is 5.88 Å². The normalized spacial score (nSPS) is 11.5. The molecule has 104 valence electrons. The molecule has 0 amide bonds. The second-order valence-corrected chi connectivity index (χ2v) is 5.99. The van der Waals surface area contributed by atoms with E-state index in [4.69, 9.17) is 11.6 Å². The van der Waals surface area contributed by atoms with E-state index in [0.717, 1.165) is 11.2 Å². The number of rotatable bonds is 2. The molecule has 2 aromatic heterocycles. The fraction of sp³-hybridized carbons (Fsp3) is 0.0625. The topological polar surface area (TPSA) is 17.8 Å². The Morgan fingerprint density at radius 3 is 2.90 bits per heavy atom. The SMILES string of the molecule is Fc1ccc2c(c1)nc(CCl)n2-c1ccc2sccc2c1. The first-order valence-corrected chi connectivity index (χ1v) is 7.88. The summed E-state index contributed by atoms with van der Waals surface area (Å²) in [6.07, 6.45) is 0.